The molecule has 2 saturated heterocycles. The van der Waals surface area contributed by atoms with Crippen LogP contribution < -0.4 is 10.6 Å². The van der Waals surface area contributed by atoms with Crippen LogP contribution in [0.5, 0.6) is 0 Å². The molecule has 8 heteroatoms. The van der Waals surface area contributed by atoms with Crippen LogP contribution in [0.3, 0.4) is 0 Å². The SMILES string of the molecule is O=C1CCC(N2Cc3c(C4C5CNCC4C5)cc(F)c(F)c3C2=O)C(=O)N1. The maximum Gasteiger partial charge on any atom is 0.258 e. The summed E-state index contributed by atoms with van der Waals surface area (Å²) in [5.74, 6) is -2.93. The van der Waals surface area contributed by atoms with Gasteiger partial charge in [-0.05, 0) is 60.9 Å². The Bertz CT molecular complexity index is 873. The van der Waals surface area contributed by atoms with E-state index in [0.717, 1.165) is 19.5 Å². The first kappa shape index (κ1) is 16.8. The topological polar surface area (TPSA) is 78.5 Å². The summed E-state index contributed by atoms with van der Waals surface area (Å²) in [5, 5.41) is 5.55. The van der Waals surface area contributed by atoms with Crippen molar-refractivity contribution in [2.24, 2.45) is 11.8 Å². The Balaban J connectivity index is 1.54. The van der Waals surface area contributed by atoms with Crippen molar-refractivity contribution in [1.29, 1.82) is 0 Å². The first-order chi connectivity index (χ1) is 13.0. The van der Waals surface area contributed by atoms with E-state index in [4.69, 9.17) is 0 Å². The van der Waals surface area contributed by atoms with Crippen molar-refractivity contribution in [3.63, 3.8) is 0 Å². The highest BCUT2D eigenvalue weighted by Gasteiger charge is 2.49. The van der Waals surface area contributed by atoms with Gasteiger partial charge >= 0.3 is 0 Å². The maximum atomic E-state index is 14.5. The van der Waals surface area contributed by atoms with Crippen molar-refractivity contribution in [3.8, 4) is 0 Å². The lowest BCUT2D eigenvalue weighted by Gasteiger charge is -2.50. The monoisotopic (exact) mass is 375 g/mol. The van der Waals surface area contributed by atoms with Crippen LogP contribution in [0.25, 0.3) is 0 Å². The number of piperidine rings is 3. The number of fused-ring (bicyclic) bond motifs is 3. The number of nitrogens with zero attached hydrogens (tertiary/aromatic N) is 1. The number of imide groups is 1. The average molecular weight is 375 g/mol. The van der Waals surface area contributed by atoms with Crippen LogP contribution in [0.15, 0.2) is 6.07 Å². The molecule has 3 atom stereocenters. The quantitative estimate of drug-likeness (QED) is 0.758. The Morgan fingerprint density at radius 3 is 2.52 bits per heavy atom. The number of rotatable bonds is 2. The standard InChI is InChI=1S/C19H19F2N3O3/c20-12-4-10(15-8-3-9(15)6-22-5-8)11-7-24(19(27)16(11)17(12)21)13-1-2-14(25)23-18(13)26/h4,8-9,13,15,22H,1-3,5-7H2,(H,23,25,26). The molecule has 0 radical (unpaired) electrons. The van der Waals surface area contributed by atoms with Crippen molar-refractivity contribution in [2.45, 2.75) is 37.8 Å². The van der Waals surface area contributed by atoms with Gasteiger partial charge < -0.3 is 10.2 Å². The maximum absolute atomic E-state index is 14.5. The van der Waals surface area contributed by atoms with Gasteiger partial charge in [0.1, 0.15) is 6.04 Å². The fraction of sp³-hybridized carbons (Fsp3) is 0.526. The second-order valence-electron chi connectivity index (χ2n) is 7.95. The Morgan fingerprint density at radius 2 is 1.85 bits per heavy atom. The minimum atomic E-state index is -1.14. The van der Waals surface area contributed by atoms with Crippen LogP contribution in [-0.4, -0.2) is 41.8 Å². The third-order valence-electron chi connectivity index (χ3n) is 6.54. The molecule has 3 amide bonds. The Morgan fingerprint density at radius 1 is 1.11 bits per heavy atom. The fourth-order valence-electron chi connectivity index (χ4n) is 5.24. The van der Waals surface area contributed by atoms with Gasteiger partial charge in [0.05, 0.1) is 5.56 Å². The average Bonchev–Trinajstić information content (AvgIpc) is 2.97. The van der Waals surface area contributed by atoms with Crippen LogP contribution in [0.4, 0.5) is 8.78 Å². The van der Waals surface area contributed by atoms with E-state index < -0.39 is 29.5 Å². The Hall–Kier alpha value is -2.35. The molecule has 1 aromatic carbocycles. The molecule has 6 nitrogen and oxygen atoms in total. The Labute approximate surface area is 154 Å². The van der Waals surface area contributed by atoms with Gasteiger partial charge in [-0.1, -0.05) is 0 Å². The molecule has 0 aromatic heterocycles. The molecule has 2 bridgehead atoms. The zero-order valence-electron chi connectivity index (χ0n) is 14.6. The molecule has 0 spiro atoms. The molecule has 1 aliphatic carbocycles. The molecule has 3 fully saturated rings. The highest BCUT2D eigenvalue weighted by atomic mass is 19.2. The van der Waals surface area contributed by atoms with E-state index in [0.29, 0.717) is 23.0 Å². The van der Waals surface area contributed by atoms with Crippen molar-refractivity contribution in [2.75, 3.05) is 13.1 Å². The number of carbonyl (C=O) groups is 3. The molecular weight excluding hydrogens is 356 g/mol. The second-order valence-corrected chi connectivity index (χ2v) is 7.95. The van der Waals surface area contributed by atoms with Crippen LogP contribution in [0.2, 0.25) is 0 Å². The van der Waals surface area contributed by atoms with E-state index in [9.17, 15) is 23.2 Å². The minimum absolute atomic E-state index is 0.0797. The molecule has 1 saturated carbocycles. The number of carbonyl (C=O) groups excluding carboxylic acids is 3. The van der Waals surface area contributed by atoms with Gasteiger partial charge in [0.2, 0.25) is 11.8 Å². The predicted molar refractivity (Wildman–Crippen MR) is 89.6 cm³/mol. The van der Waals surface area contributed by atoms with Crippen LogP contribution in [0, 0.1) is 23.5 Å². The summed E-state index contributed by atoms with van der Waals surface area (Å²) in [5.41, 5.74) is 0.965. The largest absolute Gasteiger partial charge is 0.322 e. The smallest absolute Gasteiger partial charge is 0.258 e. The van der Waals surface area contributed by atoms with E-state index in [1.54, 1.807) is 0 Å². The summed E-state index contributed by atoms with van der Waals surface area (Å²) in [6.45, 7) is 1.75. The van der Waals surface area contributed by atoms with E-state index in [1.807, 2.05) is 0 Å². The van der Waals surface area contributed by atoms with Gasteiger partial charge in [0.15, 0.2) is 11.6 Å². The molecule has 142 valence electrons. The molecule has 4 aliphatic rings. The molecule has 27 heavy (non-hydrogen) atoms. The van der Waals surface area contributed by atoms with Crippen LogP contribution in [0.1, 0.15) is 46.7 Å². The van der Waals surface area contributed by atoms with Gasteiger partial charge in [-0.15, -0.1) is 0 Å². The number of amides is 3. The molecule has 5 rings (SSSR count). The number of hydrogen-bond donors (Lipinski definition) is 2. The van der Waals surface area contributed by atoms with E-state index in [2.05, 4.69) is 10.6 Å². The number of nitrogens with one attached hydrogen (secondary N) is 2. The predicted octanol–water partition coefficient (Wildman–Crippen LogP) is 1.05. The summed E-state index contributed by atoms with van der Waals surface area (Å²) in [6.07, 6.45) is 1.37. The summed E-state index contributed by atoms with van der Waals surface area (Å²) >= 11 is 0. The first-order valence-electron chi connectivity index (χ1n) is 9.32. The summed E-state index contributed by atoms with van der Waals surface area (Å²) in [7, 11) is 0. The highest BCUT2D eigenvalue weighted by Crippen LogP contribution is 2.52. The van der Waals surface area contributed by atoms with Gasteiger partial charge in [-0.25, -0.2) is 8.78 Å². The normalized spacial score (nSPS) is 32.2. The van der Waals surface area contributed by atoms with Gasteiger partial charge in [-0.2, -0.15) is 0 Å². The summed E-state index contributed by atoms with van der Waals surface area (Å²) in [6, 6.07) is 0.408. The summed E-state index contributed by atoms with van der Waals surface area (Å²) < 4.78 is 28.8. The van der Waals surface area contributed by atoms with Gasteiger partial charge in [-0.3, -0.25) is 19.7 Å². The number of halogens is 2. The third kappa shape index (κ3) is 2.35. The van der Waals surface area contributed by atoms with E-state index in [-0.39, 0.29) is 36.8 Å². The lowest BCUT2D eigenvalue weighted by Crippen LogP contribution is -2.52. The molecule has 3 heterocycles. The Kier molecular flexibility index (Phi) is 3.62. The van der Waals surface area contributed by atoms with Crippen molar-refractivity contribution in [1.82, 2.24) is 15.5 Å². The number of hydrogen-bond acceptors (Lipinski definition) is 4. The van der Waals surface area contributed by atoms with Gasteiger partial charge in [0, 0.05) is 13.0 Å². The molecular formula is C19H19F2N3O3. The molecule has 3 unspecified atom stereocenters. The molecule has 2 N–H and O–H groups in total. The number of benzene rings is 1. The van der Waals surface area contributed by atoms with Gasteiger partial charge in [0.25, 0.3) is 5.91 Å². The second kappa shape index (κ2) is 5.82. The van der Waals surface area contributed by atoms with Crippen LogP contribution in [-0.2, 0) is 16.1 Å². The first-order valence-corrected chi connectivity index (χ1v) is 9.32. The van der Waals surface area contributed by atoms with Crippen molar-refractivity contribution >= 4 is 17.7 Å². The fourth-order valence-corrected chi connectivity index (χ4v) is 5.24. The highest BCUT2D eigenvalue weighted by molar-refractivity contribution is 6.05. The van der Waals surface area contributed by atoms with E-state index in [1.165, 1.54) is 11.0 Å². The zero-order chi connectivity index (χ0) is 18.9. The van der Waals surface area contributed by atoms with E-state index >= 15 is 0 Å². The van der Waals surface area contributed by atoms with Crippen molar-refractivity contribution < 1.29 is 23.2 Å². The van der Waals surface area contributed by atoms with Crippen molar-refractivity contribution in [3.05, 3.63) is 34.4 Å². The molecule has 1 aromatic rings. The molecule has 3 aliphatic heterocycles. The summed E-state index contributed by atoms with van der Waals surface area (Å²) in [4.78, 5) is 37.7. The lowest BCUT2D eigenvalue weighted by molar-refractivity contribution is -0.136. The zero-order valence-corrected chi connectivity index (χ0v) is 14.6. The van der Waals surface area contributed by atoms with Crippen LogP contribution >= 0.6 is 0 Å². The third-order valence-corrected chi connectivity index (χ3v) is 6.54. The lowest BCUT2D eigenvalue weighted by atomic mass is 9.59. The minimum Gasteiger partial charge on any atom is -0.322 e.